The minimum atomic E-state index is -1.06. The van der Waals surface area contributed by atoms with Crippen LogP contribution in [0.2, 0.25) is 5.02 Å². The molecule has 0 aliphatic carbocycles. The van der Waals surface area contributed by atoms with Gasteiger partial charge in [0, 0.05) is 0 Å². The van der Waals surface area contributed by atoms with Gasteiger partial charge in [0.1, 0.15) is 12.4 Å². The zero-order chi connectivity index (χ0) is 15.8. The standard InChI is InChI=1S/C16H14ClNO4/c17-14-8-13(6-7-15(14)21-11-16(19)20)9-18-22-10-12-4-2-1-3-5-12/h1-9H,10-11H2,(H,19,20)/b18-9+. The SMILES string of the molecule is O=C(O)COc1ccc(/C=N/OCc2ccccc2)cc1Cl. The van der Waals surface area contributed by atoms with Crippen LogP contribution in [0.15, 0.2) is 53.7 Å². The second-order valence-electron chi connectivity index (χ2n) is 4.37. The fourth-order valence-corrected chi connectivity index (χ4v) is 1.88. The van der Waals surface area contributed by atoms with Gasteiger partial charge in [-0.15, -0.1) is 0 Å². The normalized spacial score (nSPS) is 10.6. The number of nitrogens with zero attached hydrogens (tertiary/aromatic N) is 1. The Balaban J connectivity index is 1.88. The lowest BCUT2D eigenvalue weighted by Crippen LogP contribution is -2.09. The molecule has 5 nitrogen and oxygen atoms in total. The van der Waals surface area contributed by atoms with E-state index in [1.165, 1.54) is 6.21 Å². The molecule has 0 spiro atoms. The van der Waals surface area contributed by atoms with Crippen LogP contribution in [0.5, 0.6) is 5.75 Å². The molecule has 0 aromatic heterocycles. The quantitative estimate of drug-likeness (QED) is 0.627. The molecular formula is C16H14ClNO4. The van der Waals surface area contributed by atoms with Gasteiger partial charge < -0.3 is 14.7 Å². The summed E-state index contributed by atoms with van der Waals surface area (Å²) in [5, 5.41) is 12.7. The van der Waals surface area contributed by atoms with Crippen molar-refractivity contribution in [1.82, 2.24) is 0 Å². The fourth-order valence-electron chi connectivity index (χ4n) is 1.64. The molecule has 1 N–H and O–H groups in total. The summed E-state index contributed by atoms with van der Waals surface area (Å²) < 4.78 is 5.03. The molecule has 2 aromatic carbocycles. The van der Waals surface area contributed by atoms with Gasteiger partial charge in [-0.05, 0) is 29.3 Å². The molecule has 0 atom stereocenters. The molecule has 0 radical (unpaired) electrons. The van der Waals surface area contributed by atoms with E-state index < -0.39 is 12.6 Å². The number of carbonyl (C=O) groups is 1. The lowest BCUT2D eigenvalue weighted by molar-refractivity contribution is -0.139. The second kappa shape index (κ2) is 8.05. The van der Waals surface area contributed by atoms with E-state index in [4.69, 9.17) is 26.3 Å². The van der Waals surface area contributed by atoms with Crippen LogP contribution < -0.4 is 4.74 Å². The summed E-state index contributed by atoms with van der Waals surface area (Å²) in [6.45, 7) is -0.0573. The number of carboxylic acids is 1. The second-order valence-corrected chi connectivity index (χ2v) is 4.77. The Morgan fingerprint density at radius 1 is 1.23 bits per heavy atom. The van der Waals surface area contributed by atoms with E-state index in [2.05, 4.69) is 5.16 Å². The van der Waals surface area contributed by atoms with Gasteiger partial charge in [0.05, 0.1) is 11.2 Å². The first-order valence-electron chi connectivity index (χ1n) is 6.48. The van der Waals surface area contributed by atoms with Crippen molar-refractivity contribution in [2.24, 2.45) is 5.16 Å². The molecule has 2 rings (SSSR count). The summed E-state index contributed by atoms with van der Waals surface area (Å²) in [7, 11) is 0. The number of carboxylic acid groups (broad SMARTS) is 1. The number of hydrogen-bond donors (Lipinski definition) is 1. The van der Waals surface area contributed by atoms with E-state index in [9.17, 15) is 4.79 Å². The zero-order valence-electron chi connectivity index (χ0n) is 11.6. The van der Waals surface area contributed by atoms with Crippen molar-refractivity contribution in [3.8, 4) is 5.75 Å². The van der Waals surface area contributed by atoms with Crippen LogP contribution in [0.1, 0.15) is 11.1 Å². The van der Waals surface area contributed by atoms with Crippen LogP contribution in [-0.2, 0) is 16.2 Å². The van der Waals surface area contributed by atoms with Gasteiger partial charge in [-0.1, -0.05) is 47.1 Å². The molecule has 6 heteroatoms. The Morgan fingerprint density at radius 2 is 2.00 bits per heavy atom. The van der Waals surface area contributed by atoms with E-state index in [1.807, 2.05) is 30.3 Å². The van der Waals surface area contributed by atoms with E-state index in [0.29, 0.717) is 17.4 Å². The molecule has 0 bridgehead atoms. The highest BCUT2D eigenvalue weighted by Crippen LogP contribution is 2.24. The Kier molecular flexibility index (Phi) is 5.80. The van der Waals surface area contributed by atoms with Crippen molar-refractivity contribution >= 4 is 23.8 Å². The van der Waals surface area contributed by atoms with Crippen LogP contribution in [0, 0.1) is 0 Å². The molecule has 0 aliphatic heterocycles. The summed E-state index contributed by atoms with van der Waals surface area (Å²) in [4.78, 5) is 15.6. The minimum Gasteiger partial charge on any atom is -0.480 e. The summed E-state index contributed by atoms with van der Waals surface area (Å²) in [5.41, 5.74) is 1.75. The number of benzene rings is 2. The largest absolute Gasteiger partial charge is 0.480 e. The Hall–Kier alpha value is -2.53. The maximum absolute atomic E-state index is 10.4. The van der Waals surface area contributed by atoms with Crippen molar-refractivity contribution in [2.45, 2.75) is 6.61 Å². The van der Waals surface area contributed by atoms with Gasteiger partial charge in [-0.2, -0.15) is 0 Å². The van der Waals surface area contributed by atoms with E-state index >= 15 is 0 Å². The lowest BCUT2D eigenvalue weighted by atomic mass is 10.2. The third-order valence-corrected chi connectivity index (χ3v) is 2.95. The van der Waals surface area contributed by atoms with Crippen molar-refractivity contribution in [3.05, 3.63) is 64.7 Å². The Bertz CT molecular complexity index is 658. The number of oxime groups is 1. The molecule has 0 unspecified atom stereocenters. The van der Waals surface area contributed by atoms with Gasteiger partial charge >= 0.3 is 5.97 Å². The van der Waals surface area contributed by atoms with Crippen LogP contribution in [0.4, 0.5) is 0 Å². The summed E-state index contributed by atoms with van der Waals surface area (Å²) in [6, 6.07) is 14.6. The van der Waals surface area contributed by atoms with E-state index in [-0.39, 0.29) is 0 Å². The molecule has 0 saturated carbocycles. The average molecular weight is 320 g/mol. The number of rotatable bonds is 7. The van der Waals surface area contributed by atoms with Gasteiger partial charge in [0.15, 0.2) is 6.61 Å². The monoisotopic (exact) mass is 319 g/mol. The number of aliphatic carboxylic acids is 1. The van der Waals surface area contributed by atoms with Crippen molar-refractivity contribution in [3.63, 3.8) is 0 Å². The van der Waals surface area contributed by atoms with Crippen LogP contribution in [0.25, 0.3) is 0 Å². The van der Waals surface area contributed by atoms with Gasteiger partial charge in [0.2, 0.25) is 0 Å². The number of ether oxygens (including phenoxy) is 1. The van der Waals surface area contributed by atoms with Crippen molar-refractivity contribution in [2.75, 3.05) is 6.61 Å². The zero-order valence-corrected chi connectivity index (χ0v) is 12.4. The van der Waals surface area contributed by atoms with Crippen LogP contribution in [0.3, 0.4) is 0 Å². The topological polar surface area (TPSA) is 68.1 Å². The summed E-state index contributed by atoms with van der Waals surface area (Å²) in [5.74, 6) is -0.748. The van der Waals surface area contributed by atoms with Crippen LogP contribution in [-0.4, -0.2) is 23.9 Å². The third-order valence-electron chi connectivity index (χ3n) is 2.66. The highest BCUT2D eigenvalue weighted by atomic mass is 35.5. The third kappa shape index (κ3) is 5.10. The predicted molar refractivity (Wildman–Crippen MR) is 83.4 cm³/mol. The molecule has 22 heavy (non-hydrogen) atoms. The first-order chi connectivity index (χ1) is 10.6. The first-order valence-corrected chi connectivity index (χ1v) is 6.86. The molecule has 2 aromatic rings. The van der Waals surface area contributed by atoms with E-state index in [1.54, 1.807) is 18.2 Å². The molecule has 0 amide bonds. The molecule has 0 saturated heterocycles. The highest BCUT2D eigenvalue weighted by Gasteiger charge is 2.04. The minimum absolute atomic E-state index is 0.312. The van der Waals surface area contributed by atoms with Crippen molar-refractivity contribution < 1.29 is 19.5 Å². The lowest BCUT2D eigenvalue weighted by Gasteiger charge is -2.05. The first kappa shape index (κ1) is 15.9. The number of halogens is 1. The average Bonchev–Trinajstić information content (AvgIpc) is 2.51. The van der Waals surface area contributed by atoms with Gasteiger partial charge in [0.25, 0.3) is 0 Å². The molecular weight excluding hydrogens is 306 g/mol. The predicted octanol–water partition coefficient (Wildman–Crippen LogP) is 3.35. The summed E-state index contributed by atoms with van der Waals surface area (Å²) >= 11 is 6.00. The summed E-state index contributed by atoms with van der Waals surface area (Å²) in [6.07, 6.45) is 1.52. The van der Waals surface area contributed by atoms with Crippen molar-refractivity contribution in [1.29, 1.82) is 0 Å². The maximum Gasteiger partial charge on any atom is 0.341 e. The smallest absolute Gasteiger partial charge is 0.341 e. The molecule has 0 aliphatic rings. The number of hydrogen-bond acceptors (Lipinski definition) is 4. The van der Waals surface area contributed by atoms with Gasteiger partial charge in [-0.25, -0.2) is 4.79 Å². The molecule has 0 fully saturated rings. The highest BCUT2D eigenvalue weighted by molar-refractivity contribution is 6.32. The van der Waals surface area contributed by atoms with E-state index in [0.717, 1.165) is 11.1 Å². The Labute approximate surface area is 132 Å². The van der Waals surface area contributed by atoms with Gasteiger partial charge in [-0.3, -0.25) is 0 Å². The van der Waals surface area contributed by atoms with Crippen LogP contribution >= 0.6 is 11.6 Å². The maximum atomic E-state index is 10.4. The molecule has 114 valence electrons. The Morgan fingerprint density at radius 3 is 2.68 bits per heavy atom. The molecule has 0 heterocycles. The fraction of sp³-hybridized carbons (Fsp3) is 0.125.